The van der Waals surface area contributed by atoms with Crippen LogP contribution in [0.1, 0.15) is 25.3 Å². The molecular weight excluding hydrogens is 614 g/mol. The summed E-state index contributed by atoms with van der Waals surface area (Å²) in [5.41, 5.74) is 7.44. The van der Waals surface area contributed by atoms with E-state index in [9.17, 15) is 14.7 Å². The summed E-state index contributed by atoms with van der Waals surface area (Å²) in [6, 6.07) is 8.62. The molecule has 0 saturated carbocycles. The molecule has 13 heteroatoms. The van der Waals surface area contributed by atoms with E-state index in [2.05, 4.69) is 25.2 Å². The topological polar surface area (TPSA) is 147 Å². The summed E-state index contributed by atoms with van der Waals surface area (Å²) in [5, 5.41) is 14.7. The lowest BCUT2D eigenvalue weighted by molar-refractivity contribution is -0.112. The molecule has 2 aromatic heterocycles. The van der Waals surface area contributed by atoms with Crippen molar-refractivity contribution in [1.29, 1.82) is 0 Å². The Morgan fingerprint density at radius 3 is 2.60 bits per heavy atom. The van der Waals surface area contributed by atoms with Crippen molar-refractivity contribution < 1.29 is 19.4 Å². The molecule has 1 spiro atoms. The number of aromatic nitrogens is 3. The largest absolute Gasteiger partial charge is 0.506 e. The standard InChI is InChI=1S/C32H32ClN7O4S/c1-19-30(34)32(18-44-19)8-12-40(13-9-32)25-14-37-26(15-36-25)45-24-5-3-4-22(28(24)33)38-31(43)27-23(17-41)39(2)16-21(29(27)42)20-6-10-35-11-7-20/h3-7,10-11,14-16,19,30,42H,8-9,12-13,18,34H2,1-2H3,(H,38,43)/t19-,30+/m0/s1. The molecule has 2 fully saturated rings. The van der Waals surface area contributed by atoms with E-state index in [0.29, 0.717) is 33.4 Å². The van der Waals surface area contributed by atoms with E-state index in [0.717, 1.165) is 31.7 Å². The lowest BCUT2D eigenvalue weighted by Crippen LogP contribution is -2.50. The zero-order chi connectivity index (χ0) is 31.7. The van der Waals surface area contributed by atoms with Gasteiger partial charge in [-0.25, -0.2) is 14.8 Å². The van der Waals surface area contributed by atoms with Crippen LogP contribution in [0.25, 0.3) is 5.57 Å². The first kappa shape index (κ1) is 30.8. The molecule has 2 saturated heterocycles. The minimum atomic E-state index is -0.714. The van der Waals surface area contributed by atoms with Gasteiger partial charge in [0.25, 0.3) is 5.91 Å². The number of pyridine rings is 1. The number of hydrogen-bond acceptors (Lipinski definition) is 11. The van der Waals surface area contributed by atoms with Gasteiger partial charge in [-0.1, -0.05) is 29.4 Å². The number of halogens is 1. The zero-order valence-corrected chi connectivity index (χ0v) is 26.3. The van der Waals surface area contributed by atoms with Crippen LogP contribution in [0.4, 0.5) is 11.5 Å². The van der Waals surface area contributed by atoms with Gasteiger partial charge in [-0.05, 0) is 49.6 Å². The van der Waals surface area contributed by atoms with Gasteiger partial charge in [0.05, 0.1) is 35.8 Å². The van der Waals surface area contributed by atoms with E-state index in [4.69, 9.17) is 22.1 Å². The van der Waals surface area contributed by atoms with Crippen molar-refractivity contribution in [2.45, 2.75) is 41.8 Å². The molecule has 3 aliphatic rings. The predicted molar refractivity (Wildman–Crippen MR) is 172 cm³/mol. The van der Waals surface area contributed by atoms with Crippen LogP contribution in [0.5, 0.6) is 0 Å². The van der Waals surface area contributed by atoms with E-state index in [-0.39, 0.29) is 39.6 Å². The normalized spacial score (nSPS) is 21.2. The Hall–Kier alpha value is -4.19. The van der Waals surface area contributed by atoms with E-state index < -0.39 is 5.91 Å². The molecule has 0 unspecified atom stereocenters. The van der Waals surface area contributed by atoms with Gasteiger partial charge in [-0.3, -0.25) is 9.78 Å². The van der Waals surface area contributed by atoms with Crippen LogP contribution >= 0.6 is 23.4 Å². The van der Waals surface area contributed by atoms with Crippen LogP contribution in [-0.2, 0) is 14.3 Å². The molecule has 2 atom stereocenters. The summed E-state index contributed by atoms with van der Waals surface area (Å²) in [6.45, 7) is 4.42. The molecule has 6 rings (SSSR count). The van der Waals surface area contributed by atoms with Gasteiger partial charge >= 0.3 is 0 Å². The SMILES string of the molecule is C[C@@H]1OCC2(CCN(c3cnc(Sc4cccc(NC(=O)C5=C(O)C(c6ccncc6)=CN(C)C5=C=O)c4Cl)cn3)CC2)[C@@H]1N. The minimum absolute atomic E-state index is 0.0300. The number of aliphatic hydroxyl groups excluding tert-OH is 1. The predicted octanol–water partition coefficient (Wildman–Crippen LogP) is 4.46. The number of ether oxygens (including phenoxy) is 1. The number of likely N-dealkylation sites (N-methyl/N-ethyl adjacent to an activating group) is 1. The average molecular weight is 646 g/mol. The summed E-state index contributed by atoms with van der Waals surface area (Å²) in [7, 11) is 1.60. The maximum absolute atomic E-state index is 13.5. The van der Waals surface area contributed by atoms with Gasteiger partial charge < -0.3 is 30.7 Å². The fourth-order valence-electron chi connectivity index (χ4n) is 5.99. The molecule has 0 aliphatic carbocycles. The van der Waals surface area contributed by atoms with E-state index in [1.54, 1.807) is 68.2 Å². The number of rotatable bonds is 6. The van der Waals surface area contributed by atoms with Crippen LogP contribution in [0.3, 0.4) is 0 Å². The minimum Gasteiger partial charge on any atom is -0.506 e. The highest BCUT2D eigenvalue weighted by Crippen LogP contribution is 2.42. The van der Waals surface area contributed by atoms with Gasteiger partial charge in [0, 0.05) is 60.7 Å². The highest BCUT2D eigenvalue weighted by molar-refractivity contribution is 7.99. The second-order valence-corrected chi connectivity index (χ2v) is 12.8. The van der Waals surface area contributed by atoms with E-state index >= 15 is 0 Å². The van der Waals surface area contributed by atoms with Crippen molar-refractivity contribution in [3.8, 4) is 0 Å². The van der Waals surface area contributed by atoms with Crippen molar-refractivity contribution in [1.82, 2.24) is 19.9 Å². The number of amides is 1. The number of carbonyl (C=O) groups excluding carboxylic acids is 2. The average Bonchev–Trinajstić information content (AvgIpc) is 3.33. The van der Waals surface area contributed by atoms with Crippen molar-refractivity contribution in [2.24, 2.45) is 11.1 Å². The summed E-state index contributed by atoms with van der Waals surface area (Å²) >= 11 is 8.04. The number of nitrogens with one attached hydrogen (secondary N) is 1. The molecule has 0 bridgehead atoms. The van der Waals surface area contributed by atoms with Gasteiger partial charge in [0.1, 0.15) is 27.9 Å². The third-order valence-corrected chi connectivity index (χ3v) is 10.2. The third kappa shape index (κ3) is 5.95. The molecule has 11 nitrogen and oxygen atoms in total. The molecule has 0 radical (unpaired) electrons. The van der Waals surface area contributed by atoms with Crippen LogP contribution in [0.2, 0.25) is 5.02 Å². The van der Waals surface area contributed by atoms with Gasteiger partial charge in [-0.15, -0.1) is 0 Å². The molecule has 1 amide bonds. The fourth-order valence-corrected chi connectivity index (χ4v) is 7.06. The first-order valence-corrected chi connectivity index (χ1v) is 15.7. The molecular formula is C32H32ClN7O4S. The van der Waals surface area contributed by atoms with Gasteiger partial charge in [0.2, 0.25) is 0 Å². The first-order valence-electron chi connectivity index (χ1n) is 14.5. The van der Waals surface area contributed by atoms with Crippen molar-refractivity contribution in [2.75, 3.05) is 37.0 Å². The van der Waals surface area contributed by atoms with Crippen molar-refractivity contribution in [3.63, 3.8) is 0 Å². The Kier molecular flexibility index (Phi) is 8.67. The third-order valence-electron chi connectivity index (χ3n) is 8.69. The number of piperidine rings is 1. The highest BCUT2D eigenvalue weighted by atomic mass is 35.5. The van der Waals surface area contributed by atoms with E-state index in [1.807, 2.05) is 13.0 Å². The van der Waals surface area contributed by atoms with Crippen molar-refractivity contribution in [3.05, 3.63) is 88.9 Å². The number of benzene rings is 1. The summed E-state index contributed by atoms with van der Waals surface area (Å²) in [6.07, 6.45) is 10.1. The number of carbonyl (C=O) groups is 1. The zero-order valence-electron chi connectivity index (χ0n) is 24.7. The lowest BCUT2D eigenvalue weighted by Gasteiger charge is -2.41. The smallest absolute Gasteiger partial charge is 0.262 e. The molecule has 3 aliphatic heterocycles. The fraction of sp³-hybridized carbons (Fsp3) is 0.312. The molecule has 1 aromatic carbocycles. The Bertz CT molecular complexity index is 1720. The van der Waals surface area contributed by atoms with Crippen molar-refractivity contribution >= 4 is 52.3 Å². The Labute approximate surface area is 269 Å². The highest BCUT2D eigenvalue weighted by Gasteiger charge is 2.47. The summed E-state index contributed by atoms with van der Waals surface area (Å²) in [5.74, 6) is 1.49. The molecule has 3 aromatic rings. The van der Waals surface area contributed by atoms with Crippen LogP contribution < -0.4 is 16.0 Å². The number of anilines is 2. The van der Waals surface area contributed by atoms with Crippen LogP contribution in [0, 0.1) is 5.41 Å². The second-order valence-electron chi connectivity index (χ2n) is 11.3. The maximum Gasteiger partial charge on any atom is 0.262 e. The summed E-state index contributed by atoms with van der Waals surface area (Å²) in [4.78, 5) is 42.9. The number of allylic oxidation sites excluding steroid dienone is 1. The molecule has 232 valence electrons. The first-order chi connectivity index (χ1) is 21.7. The van der Waals surface area contributed by atoms with E-state index in [1.165, 1.54) is 16.7 Å². The lowest BCUT2D eigenvalue weighted by atomic mass is 9.73. The monoisotopic (exact) mass is 645 g/mol. The Morgan fingerprint density at radius 1 is 1.20 bits per heavy atom. The van der Waals surface area contributed by atoms with Gasteiger partial charge in [-0.2, -0.15) is 0 Å². The molecule has 5 heterocycles. The number of aliphatic hydroxyl groups is 1. The number of hydrogen-bond donors (Lipinski definition) is 3. The summed E-state index contributed by atoms with van der Waals surface area (Å²) < 4.78 is 5.84. The quantitative estimate of drug-likeness (QED) is 0.327. The van der Waals surface area contributed by atoms with Gasteiger partial charge in [0.15, 0.2) is 5.94 Å². The Morgan fingerprint density at radius 2 is 1.96 bits per heavy atom. The number of nitrogens with two attached hydrogens (primary N) is 1. The van der Waals surface area contributed by atoms with Crippen LogP contribution in [0.15, 0.2) is 88.3 Å². The molecule has 45 heavy (non-hydrogen) atoms. The second kappa shape index (κ2) is 12.7. The maximum atomic E-state index is 13.5. The molecule has 4 N–H and O–H groups in total. The number of nitrogens with zero attached hydrogens (tertiary/aromatic N) is 5. The van der Waals surface area contributed by atoms with Crippen LogP contribution in [-0.4, -0.2) is 75.7 Å². The Balaban J connectivity index is 1.16.